The Kier molecular flexibility index (Phi) is 2.32. The van der Waals surface area contributed by atoms with Crippen LogP contribution in [0.4, 0.5) is 4.79 Å². The summed E-state index contributed by atoms with van der Waals surface area (Å²) in [5.74, 6) is 0. The van der Waals surface area contributed by atoms with Crippen LogP contribution in [0.5, 0.6) is 0 Å². The van der Waals surface area contributed by atoms with Crippen molar-refractivity contribution in [2.45, 2.75) is 18.9 Å². The maximum Gasteiger partial charge on any atom is 0.409 e. The van der Waals surface area contributed by atoms with Gasteiger partial charge in [-0.05, 0) is 6.42 Å². The summed E-state index contributed by atoms with van der Waals surface area (Å²) in [5.41, 5.74) is 0. The molecule has 1 fully saturated rings. The molecule has 11 heavy (non-hydrogen) atoms. The van der Waals surface area contributed by atoms with E-state index in [1.807, 2.05) is 6.07 Å². The van der Waals surface area contributed by atoms with E-state index in [4.69, 9.17) is 10.00 Å². The lowest BCUT2D eigenvalue weighted by Crippen LogP contribution is -2.19. The fourth-order valence-corrected chi connectivity index (χ4v) is 1.03. The van der Waals surface area contributed by atoms with Crippen LogP contribution in [0.15, 0.2) is 0 Å². The van der Waals surface area contributed by atoms with E-state index in [-0.39, 0.29) is 12.2 Å². The molecule has 4 nitrogen and oxygen atoms in total. The molecule has 1 unspecified atom stereocenters. The molecule has 0 N–H and O–H groups in total. The van der Waals surface area contributed by atoms with Gasteiger partial charge in [0.15, 0.2) is 0 Å². The molecule has 1 aliphatic rings. The molecule has 0 aromatic rings. The van der Waals surface area contributed by atoms with E-state index in [2.05, 4.69) is 0 Å². The summed E-state index contributed by atoms with van der Waals surface area (Å²) in [4.78, 5) is 12.3. The van der Waals surface area contributed by atoms with Crippen LogP contribution in [0.25, 0.3) is 0 Å². The Morgan fingerprint density at radius 3 is 3.09 bits per heavy atom. The lowest BCUT2D eigenvalue weighted by atomic mass is 10.2. The number of cyclic esters (lactones) is 1. The Morgan fingerprint density at radius 1 is 1.91 bits per heavy atom. The highest BCUT2D eigenvalue weighted by molar-refractivity contribution is 5.69. The largest absolute Gasteiger partial charge is 0.444 e. The normalized spacial score (nSPS) is 23.1. The van der Waals surface area contributed by atoms with E-state index in [0.717, 1.165) is 0 Å². The van der Waals surface area contributed by atoms with Gasteiger partial charge in [0.05, 0.1) is 12.6 Å². The van der Waals surface area contributed by atoms with Gasteiger partial charge in [0, 0.05) is 13.5 Å². The standard InChI is InChI=1S/C7H10N2O2/c1-9-5-6(3-2-4-8)11-7(9)10/h6H,2-3,5H2,1H3. The molecule has 0 aromatic heterocycles. The average Bonchev–Trinajstić information content (AvgIpc) is 2.28. The van der Waals surface area contributed by atoms with Gasteiger partial charge in [-0.3, -0.25) is 0 Å². The minimum atomic E-state index is -0.284. The number of likely N-dealkylation sites (N-methyl/N-ethyl adjacent to an activating group) is 1. The third-order valence-corrected chi connectivity index (χ3v) is 1.63. The monoisotopic (exact) mass is 154 g/mol. The van der Waals surface area contributed by atoms with Gasteiger partial charge >= 0.3 is 6.09 Å². The quantitative estimate of drug-likeness (QED) is 0.589. The van der Waals surface area contributed by atoms with Crippen LogP contribution in [-0.4, -0.2) is 30.7 Å². The predicted molar refractivity (Wildman–Crippen MR) is 37.7 cm³/mol. The molecule has 1 aliphatic heterocycles. The van der Waals surface area contributed by atoms with Crippen LogP contribution in [0.3, 0.4) is 0 Å². The fraction of sp³-hybridized carbons (Fsp3) is 0.714. The molecule has 0 bridgehead atoms. The Balaban J connectivity index is 2.30. The van der Waals surface area contributed by atoms with E-state index in [9.17, 15) is 4.79 Å². The van der Waals surface area contributed by atoms with Gasteiger partial charge in [-0.1, -0.05) is 0 Å². The molecular formula is C7H10N2O2. The number of amides is 1. The molecule has 0 spiro atoms. The predicted octanol–water partition coefficient (Wildman–Crippen LogP) is 0.741. The number of hydrogen-bond donors (Lipinski definition) is 0. The number of ether oxygens (including phenoxy) is 1. The minimum Gasteiger partial charge on any atom is -0.444 e. The second kappa shape index (κ2) is 3.24. The topological polar surface area (TPSA) is 53.3 Å². The first-order chi connectivity index (χ1) is 5.24. The van der Waals surface area contributed by atoms with Crippen molar-refractivity contribution in [2.75, 3.05) is 13.6 Å². The lowest BCUT2D eigenvalue weighted by molar-refractivity contribution is 0.131. The second-order valence-corrected chi connectivity index (χ2v) is 2.58. The number of hydrogen-bond acceptors (Lipinski definition) is 3. The average molecular weight is 154 g/mol. The summed E-state index contributed by atoms with van der Waals surface area (Å²) in [5, 5.41) is 8.25. The van der Waals surface area contributed by atoms with Crippen LogP contribution in [0.2, 0.25) is 0 Å². The van der Waals surface area contributed by atoms with E-state index in [1.165, 1.54) is 4.90 Å². The number of carbonyl (C=O) groups excluding carboxylic acids is 1. The Bertz CT molecular complexity index is 197. The van der Waals surface area contributed by atoms with Crippen molar-refractivity contribution in [1.82, 2.24) is 4.90 Å². The number of nitriles is 1. The number of nitrogens with zero attached hydrogens (tertiary/aromatic N) is 2. The number of carbonyl (C=O) groups is 1. The first kappa shape index (κ1) is 7.86. The Labute approximate surface area is 65.4 Å². The number of rotatable bonds is 2. The van der Waals surface area contributed by atoms with Gasteiger partial charge < -0.3 is 9.64 Å². The molecular weight excluding hydrogens is 144 g/mol. The van der Waals surface area contributed by atoms with Gasteiger partial charge in [0.25, 0.3) is 0 Å². The van der Waals surface area contributed by atoms with Crippen LogP contribution >= 0.6 is 0 Å². The molecule has 1 amide bonds. The molecule has 1 saturated heterocycles. The van der Waals surface area contributed by atoms with E-state index in [1.54, 1.807) is 7.05 Å². The van der Waals surface area contributed by atoms with Crippen molar-refractivity contribution in [3.63, 3.8) is 0 Å². The molecule has 1 rings (SSSR count). The molecule has 0 radical (unpaired) electrons. The third-order valence-electron chi connectivity index (χ3n) is 1.63. The zero-order valence-electron chi connectivity index (χ0n) is 6.41. The summed E-state index contributed by atoms with van der Waals surface area (Å²) in [7, 11) is 1.69. The van der Waals surface area contributed by atoms with Gasteiger partial charge in [-0.15, -0.1) is 0 Å². The van der Waals surface area contributed by atoms with E-state index < -0.39 is 0 Å². The first-order valence-corrected chi connectivity index (χ1v) is 3.52. The van der Waals surface area contributed by atoms with Crippen molar-refractivity contribution in [3.8, 4) is 6.07 Å². The van der Waals surface area contributed by atoms with Gasteiger partial charge in [-0.2, -0.15) is 5.26 Å². The fourth-order valence-electron chi connectivity index (χ4n) is 1.03. The van der Waals surface area contributed by atoms with Crippen molar-refractivity contribution in [2.24, 2.45) is 0 Å². The highest BCUT2D eigenvalue weighted by atomic mass is 16.6. The summed E-state index contributed by atoms with van der Waals surface area (Å²) < 4.78 is 4.91. The molecule has 0 aliphatic carbocycles. The third kappa shape index (κ3) is 1.84. The molecule has 0 aromatic carbocycles. The highest BCUT2D eigenvalue weighted by Gasteiger charge is 2.27. The minimum absolute atomic E-state index is 0.0767. The molecule has 0 saturated carbocycles. The lowest BCUT2D eigenvalue weighted by Gasteiger charge is -2.02. The van der Waals surface area contributed by atoms with Crippen LogP contribution in [0, 0.1) is 11.3 Å². The zero-order valence-corrected chi connectivity index (χ0v) is 6.41. The summed E-state index contributed by atoms with van der Waals surface area (Å²) in [6, 6.07) is 2.01. The van der Waals surface area contributed by atoms with Crippen LogP contribution in [0.1, 0.15) is 12.8 Å². The Hall–Kier alpha value is -1.24. The van der Waals surface area contributed by atoms with Gasteiger partial charge in [0.2, 0.25) is 0 Å². The summed E-state index contributed by atoms with van der Waals surface area (Å²) in [6.45, 7) is 0.612. The van der Waals surface area contributed by atoms with Crippen molar-refractivity contribution >= 4 is 6.09 Å². The molecule has 4 heteroatoms. The van der Waals surface area contributed by atoms with Gasteiger partial charge in [0.1, 0.15) is 6.10 Å². The summed E-state index contributed by atoms with van der Waals surface area (Å²) in [6.07, 6.45) is 0.735. The molecule has 1 atom stereocenters. The first-order valence-electron chi connectivity index (χ1n) is 3.52. The van der Waals surface area contributed by atoms with Crippen LogP contribution < -0.4 is 0 Å². The zero-order chi connectivity index (χ0) is 8.27. The second-order valence-electron chi connectivity index (χ2n) is 2.58. The highest BCUT2D eigenvalue weighted by Crippen LogP contribution is 2.12. The maximum absolute atomic E-state index is 10.8. The van der Waals surface area contributed by atoms with Crippen molar-refractivity contribution in [3.05, 3.63) is 0 Å². The smallest absolute Gasteiger partial charge is 0.409 e. The summed E-state index contributed by atoms with van der Waals surface area (Å²) >= 11 is 0. The SMILES string of the molecule is CN1CC(CCC#N)OC1=O. The van der Waals surface area contributed by atoms with Crippen LogP contribution in [-0.2, 0) is 4.74 Å². The molecule has 1 heterocycles. The Morgan fingerprint density at radius 2 is 2.64 bits per heavy atom. The van der Waals surface area contributed by atoms with E-state index >= 15 is 0 Å². The maximum atomic E-state index is 10.8. The van der Waals surface area contributed by atoms with Crippen molar-refractivity contribution < 1.29 is 9.53 Å². The van der Waals surface area contributed by atoms with Crippen molar-refractivity contribution in [1.29, 1.82) is 5.26 Å². The van der Waals surface area contributed by atoms with Gasteiger partial charge in [-0.25, -0.2) is 4.79 Å². The van der Waals surface area contributed by atoms with E-state index in [0.29, 0.717) is 19.4 Å². The molecule has 60 valence electrons.